The highest BCUT2D eigenvalue weighted by Crippen LogP contribution is 1.97. The molecule has 1 rings (SSSR count). The molecule has 0 radical (unpaired) electrons. The standard InChI is InChI=1S/C12H20BrN3O2/c1-2-3-7-18-8-5-14-4-6-16-10-15-9-11(13)12(16)17/h9-10,14H,2-8H2,1H3. The molecule has 0 bridgehead atoms. The Morgan fingerprint density at radius 3 is 3.06 bits per heavy atom. The van der Waals surface area contributed by atoms with E-state index in [1.54, 1.807) is 10.9 Å². The van der Waals surface area contributed by atoms with Crippen molar-refractivity contribution in [1.82, 2.24) is 14.9 Å². The lowest BCUT2D eigenvalue weighted by molar-refractivity contribution is 0.133. The Hall–Kier alpha value is -0.720. The third kappa shape index (κ3) is 5.75. The predicted octanol–water partition coefficient (Wildman–Crippen LogP) is 1.41. The molecule has 1 N–H and O–H groups in total. The first-order valence-electron chi connectivity index (χ1n) is 6.24. The molecule has 5 nitrogen and oxygen atoms in total. The zero-order valence-electron chi connectivity index (χ0n) is 10.7. The number of ether oxygens (including phenoxy) is 1. The number of rotatable bonds is 9. The Labute approximate surface area is 116 Å². The Morgan fingerprint density at radius 1 is 1.44 bits per heavy atom. The van der Waals surface area contributed by atoms with Crippen molar-refractivity contribution in [2.75, 3.05) is 26.3 Å². The number of unbranched alkanes of at least 4 members (excludes halogenated alkanes) is 1. The molecule has 102 valence electrons. The summed E-state index contributed by atoms with van der Waals surface area (Å²) in [5.74, 6) is 0. The van der Waals surface area contributed by atoms with E-state index in [-0.39, 0.29) is 5.56 Å². The van der Waals surface area contributed by atoms with Crippen LogP contribution in [0.4, 0.5) is 0 Å². The largest absolute Gasteiger partial charge is 0.380 e. The molecule has 0 fully saturated rings. The molecular weight excluding hydrogens is 298 g/mol. The van der Waals surface area contributed by atoms with Gasteiger partial charge in [0, 0.05) is 32.4 Å². The van der Waals surface area contributed by atoms with E-state index in [0.717, 1.165) is 32.5 Å². The van der Waals surface area contributed by atoms with Gasteiger partial charge in [0.05, 0.1) is 12.9 Å². The lowest BCUT2D eigenvalue weighted by Gasteiger charge is -2.07. The van der Waals surface area contributed by atoms with Gasteiger partial charge in [-0.2, -0.15) is 0 Å². The minimum atomic E-state index is -0.0500. The number of halogens is 1. The van der Waals surface area contributed by atoms with Crippen molar-refractivity contribution >= 4 is 15.9 Å². The van der Waals surface area contributed by atoms with Crippen molar-refractivity contribution < 1.29 is 4.74 Å². The average Bonchev–Trinajstić information content (AvgIpc) is 2.37. The molecule has 0 saturated heterocycles. The van der Waals surface area contributed by atoms with Gasteiger partial charge in [0.15, 0.2) is 0 Å². The van der Waals surface area contributed by atoms with Crippen LogP contribution >= 0.6 is 15.9 Å². The summed E-state index contributed by atoms with van der Waals surface area (Å²) in [4.78, 5) is 15.6. The first-order valence-corrected chi connectivity index (χ1v) is 7.03. The second-order valence-electron chi connectivity index (χ2n) is 3.96. The first-order chi connectivity index (χ1) is 8.75. The normalized spacial score (nSPS) is 10.8. The fourth-order valence-corrected chi connectivity index (χ4v) is 1.75. The smallest absolute Gasteiger partial charge is 0.267 e. The van der Waals surface area contributed by atoms with Crippen LogP contribution in [-0.2, 0) is 11.3 Å². The summed E-state index contributed by atoms with van der Waals surface area (Å²) < 4.78 is 7.49. The minimum Gasteiger partial charge on any atom is -0.380 e. The molecule has 0 saturated carbocycles. The fourth-order valence-electron chi connectivity index (χ4n) is 1.40. The van der Waals surface area contributed by atoms with E-state index in [0.29, 0.717) is 17.6 Å². The predicted molar refractivity (Wildman–Crippen MR) is 74.8 cm³/mol. The molecule has 0 aromatic carbocycles. The minimum absolute atomic E-state index is 0.0500. The van der Waals surface area contributed by atoms with Gasteiger partial charge in [-0.25, -0.2) is 4.98 Å². The van der Waals surface area contributed by atoms with Gasteiger partial charge in [0.25, 0.3) is 5.56 Å². The van der Waals surface area contributed by atoms with E-state index in [9.17, 15) is 4.79 Å². The molecule has 0 aliphatic rings. The maximum Gasteiger partial charge on any atom is 0.267 e. The molecule has 18 heavy (non-hydrogen) atoms. The number of nitrogens with zero attached hydrogens (tertiary/aromatic N) is 2. The highest BCUT2D eigenvalue weighted by atomic mass is 79.9. The number of hydrogen-bond acceptors (Lipinski definition) is 4. The van der Waals surface area contributed by atoms with Gasteiger partial charge in [-0.05, 0) is 22.4 Å². The third-order valence-corrected chi connectivity index (χ3v) is 3.00. The van der Waals surface area contributed by atoms with Crippen LogP contribution in [0, 0.1) is 0 Å². The van der Waals surface area contributed by atoms with E-state index in [4.69, 9.17) is 4.74 Å². The highest BCUT2D eigenvalue weighted by molar-refractivity contribution is 9.10. The first kappa shape index (κ1) is 15.3. The summed E-state index contributed by atoms with van der Waals surface area (Å²) in [6, 6.07) is 0. The monoisotopic (exact) mass is 317 g/mol. The Bertz CT molecular complexity index is 395. The lowest BCUT2D eigenvalue weighted by Crippen LogP contribution is -2.29. The zero-order chi connectivity index (χ0) is 13.2. The number of hydrogen-bond donors (Lipinski definition) is 1. The molecular formula is C12H20BrN3O2. The summed E-state index contributed by atoms with van der Waals surface area (Å²) in [6.07, 6.45) is 5.33. The summed E-state index contributed by atoms with van der Waals surface area (Å²) in [7, 11) is 0. The van der Waals surface area contributed by atoms with Crippen LogP contribution in [-0.4, -0.2) is 35.9 Å². The van der Waals surface area contributed by atoms with Crippen molar-refractivity contribution in [2.24, 2.45) is 0 Å². The highest BCUT2D eigenvalue weighted by Gasteiger charge is 1.99. The van der Waals surface area contributed by atoms with Crippen molar-refractivity contribution in [3.63, 3.8) is 0 Å². The fraction of sp³-hybridized carbons (Fsp3) is 0.667. The summed E-state index contributed by atoms with van der Waals surface area (Å²) in [6.45, 7) is 5.83. The van der Waals surface area contributed by atoms with Crippen LogP contribution in [0.1, 0.15) is 19.8 Å². The van der Waals surface area contributed by atoms with Gasteiger partial charge in [-0.3, -0.25) is 9.36 Å². The Kier molecular flexibility index (Phi) is 7.88. The average molecular weight is 318 g/mol. The molecule has 1 heterocycles. The van der Waals surface area contributed by atoms with Crippen LogP contribution in [0.25, 0.3) is 0 Å². The Balaban J connectivity index is 2.11. The molecule has 1 aromatic rings. The van der Waals surface area contributed by atoms with Crippen molar-refractivity contribution in [3.8, 4) is 0 Å². The molecule has 0 atom stereocenters. The van der Waals surface area contributed by atoms with E-state index in [1.165, 1.54) is 6.20 Å². The van der Waals surface area contributed by atoms with Gasteiger partial charge >= 0.3 is 0 Å². The van der Waals surface area contributed by atoms with Crippen molar-refractivity contribution in [1.29, 1.82) is 0 Å². The summed E-state index contributed by atoms with van der Waals surface area (Å²) in [5, 5.41) is 3.23. The molecule has 0 aliphatic carbocycles. The molecule has 0 unspecified atom stereocenters. The second-order valence-corrected chi connectivity index (χ2v) is 4.81. The van der Waals surface area contributed by atoms with Crippen LogP contribution < -0.4 is 10.9 Å². The van der Waals surface area contributed by atoms with Crippen LogP contribution in [0.15, 0.2) is 21.8 Å². The summed E-state index contributed by atoms with van der Waals surface area (Å²) >= 11 is 3.17. The van der Waals surface area contributed by atoms with Gasteiger partial charge in [-0.15, -0.1) is 0 Å². The quantitative estimate of drug-likeness (QED) is 0.700. The van der Waals surface area contributed by atoms with Crippen LogP contribution in [0.5, 0.6) is 0 Å². The van der Waals surface area contributed by atoms with Crippen LogP contribution in [0.3, 0.4) is 0 Å². The lowest BCUT2D eigenvalue weighted by atomic mass is 10.4. The van der Waals surface area contributed by atoms with Gasteiger partial charge in [0.1, 0.15) is 4.47 Å². The third-order valence-electron chi connectivity index (χ3n) is 2.45. The molecule has 0 aliphatic heterocycles. The van der Waals surface area contributed by atoms with E-state index >= 15 is 0 Å². The SMILES string of the molecule is CCCCOCCNCCn1cncc(Br)c1=O. The zero-order valence-corrected chi connectivity index (χ0v) is 12.3. The molecule has 1 aromatic heterocycles. The number of aromatic nitrogens is 2. The second kappa shape index (κ2) is 9.24. The molecule has 0 spiro atoms. The van der Waals surface area contributed by atoms with E-state index in [1.807, 2.05) is 0 Å². The van der Waals surface area contributed by atoms with Crippen molar-refractivity contribution in [2.45, 2.75) is 26.3 Å². The van der Waals surface area contributed by atoms with E-state index in [2.05, 4.69) is 33.2 Å². The maximum absolute atomic E-state index is 11.6. The van der Waals surface area contributed by atoms with Gasteiger partial charge in [-0.1, -0.05) is 13.3 Å². The summed E-state index contributed by atoms with van der Waals surface area (Å²) in [5.41, 5.74) is -0.0500. The number of nitrogens with one attached hydrogen (secondary N) is 1. The van der Waals surface area contributed by atoms with Crippen LogP contribution in [0.2, 0.25) is 0 Å². The molecule has 6 heteroatoms. The maximum atomic E-state index is 11.6. The van der Waals surface area contributed by atoms with Crippen molar-refractivity contribution in [3.05, 3.63) is 27.4 Å². The Morgan fingerprint density at radius 2 is 2.28 bits per heavy atom. The van der Waals surface area contributed by atoms with Gasteiger partial charge < -0.3 is 10.1 Å². The van der Waals surface area contributed by atoms with Gasteiger partial charge in [0.2, 0.25) is 0 Å². The molecule has 0 amide bonds. The van der Waals surface area contributed by atoms with E-state index < -0.39 is 0 Å². The topological polar surface area (TPSA) is 56.1 Å².